The number of piperidine rings is 1. The fourth-order valence-corrected chi connectivity index (χ4v) is 3.98. The molecule has 148 valence electrons. The Morgan fingerprint density at radius 3 is 2.89 bits per heavy atom. The molecule has 1 saturated heterocycles. The van der Waals surface area contributed by atoms with Crippen LogP contribution in [0, 0.1) is 12.8 Å². The second-order valence-corrected chi connectivity index (χ2v) is 7.84. The van der Waals surface area contributed by atoms with Crippen LogP contribution in [0.5, 0.6) is 5.75 Å². The molecular weight excluding hydrogens is 352 g/mol. The van der Waals surface area contributed by atoms with Crippen LogP contribution < -0.4 is 4.74 Å². The molecule has 0 amide bonds. The Balaban J connectivity index is 1.66. The molecule has 6 nitrogen and oxygen atoms in total. The van der Waals surface area contributed by atoms with Crippen LogP contribution in [-0.2, 0) is 4.84 Å². The van der Waals surface area contributed by atoms with Crippen LogP contribution in [0.15, 0.2) is 41.5 Å². The Morgan fingerprint density at radius 1 is 1.32 bits per heavy atom. The number of aryl methyl sites for hydroxylation is 1. The molecule has 2 aromatic rings. The highest BCUT2D eigenvalue weighted by Crippen LogP contribution is 2.30. The first-order valence-corrected chi connectivity index (χ1v) is 9.93. The number of nitrogens with zero attached hydrogens (tertiary/aromatic N) is 4. The highest BCUT2D eigenvalue weighted by atomic mass is 16.6. The highest BCUT2D eigenvalue weighted by Gasteiger charge is 2.33. The van der Waals surface area contributed by atoms with Crippen LogP contribution in [0.25, 0.3) is 11.8 Å². The van der Waals surface area contributed by atoms with Crippen molar-refractivity contribution in [3.63, 3.8) is 0 Å². The number of hydrogen-bond acceptors (Lipinski definition) is 5. The van der Waals surface area contributed by atoms with E-state index in [0.717, 1.165) is 47.9 Å². The Labute approximate surface area is 166 Å². The number of rotatable bonds is 4. The molecule has 0 unspecified atom stereocenters. The summed E-state index contributed by atoms with van der Waals surface area (Å²) in [6, 6.07) is 6.64. The summed E-state index contributed by atoms with van der Waals surface area (Å²) in [7, 11) is 1.70. The van der Waals surface area contributed by atoms with Gasteiger partial charge in [0.15, 0.2) is 5.84 Å². The van der Waals surface area contributed by atoms with E-state index in [9.17, 15) is 0 Å². The van der Waals surface area contributed by atoms with E-state index < -0.39 is 0 Å². The lowest BCUT2D eigenvalue weighted by Crippen LogP contribution is -2.51. The topological polar surface area (TPSA) is 51.9 Å². The molecule has 1 aromatic carbocycles. The van der Waals surface area contributed by atoms with E-state index in [4.69, 9.17) is 9.57 Å². The van der Waals surface area contributed by atoms with Crippen molar-refractivity contribution in [2.24, 2.45) is 11.1 Å². The lowest BCUT2D eigenvalue weighted by Gasteiger charge is -2.41. The van der Waals surface area contributed by atoms with Crippen molar-refractivity contribution < 1.29 is 9.57 Å². The minimum absolute atomic E-state index is 0.387. The first kappa shape index (κ1) is 18.6. The first-order chi connectivity index (χ1) is 13.6. The normalized spacial score (nSPS) is 20.8. The van der Waals surface area contributed by atoms with Gasteiger partial charge in [-0.3, -0.25) is 0 Å². The number of amidine groups is 1. The van der Waals surface area contributed by atoms with Gasteiger partial charge >= 0.3 is 0 Å². The van der Waals surface area contributed by atoms with Gasteiger partial charge in [-0.1, -0.05) is 25.1 Å². The Morgan fingerprint density at radius 2 is 2.18 bits per heavy atom. The molecule has 3 heterocycles. The van der Waals surface area contributed by atoms with Gasteiger partial charge in [0.25, 0.3) is 0 Å². The maximum absolute atomic E-state index is 5.65. The molecule has 0 bridgehead atoms. The van der Waals surface area contributed by atoms with E-state index in [-0.39, 0.29) is 0 Å². The third-order valence-corrected chi connectivity index (χ3v) is 5.51. The largest absolute Gasteiger partial charge is 0.495 e. The van der Waals surface area contributed by atoms with Crippen LogP contribution in [0.4, 0.5) is 0 Å². The van der Waals surface area contributed by atoms with Gasteiger partial charge in [0.2, 0.25) is 0 Å². The summed E-state index contributed by atoms with van der Waals surface area (Å²) in [6.07, 6.45) is 8.16. The van der Waals surface area contributed by atoms with Gasteiger partial charge in [0, 0.05) is 12.7 Å². The zero-order valence-electron chi connectivity index (χ0n) is 17.1. The van der Waals surface area contributed by atoms with Crippen LogP contribution in [0.3, 0.4) is 0 Å². The van der Waals surface area contributed by atoms with E-state index in [1.54, 1.807) is 7.11 Å². The molecule has 0 radical (unpaired) electrons. The van der Waals surface area contributed by atoms with Crippen molar-refractivity contribution in [1.29, 1.82) is 0 Å². The van der Waals surface area contributed by atoms with E-state index in [1.165, 1.54) is 5.57 Å². The fourth-order valence-electron chi connectivity index (χ4n) is 3.98. The lowest BCUT2D eigenvalue weighted by molar-refractivity contribution is 0.0396. The Kier molecular flexibility index (Phi) is 5.11. The summed E-state index contributed by atoms with van der Waals surface area (Å²) in [4.78, 5) is 12.3. The molecule has 0 aliphatic carbocycles. The van der Waals surface area contributed by atoms with Gasteiger partial charge in [-0.15, -0.1) is 0 Å². The van der Waals surface area contributed by atoms with Gasteiger partial charge in [-0.05, 0) is 55.0 Å². The molecule has 1 aromatic heterocycles. The number of oxime groups is 1. The number of benzene rings is 1. The molecule has 1 atom stereocenters. The van der Waals surface area contributed by atoms with Crippen molar-refractivity contribution in [3.8, 4) is 11.4 Å². The predicted octanol–water partition coefficient (Wildman–Crippen LogP) is 4.04. The van der Waals surface area contributed by atoms with Crippen LogP contribution in [0.1, 0.15) is 37.9 Å². The zero-order chi connectivity index (χ0) is 19.7. The summed E-state index contributed by atoms with van der Waals surface area (Å²) in [5.74, 6) is 2.34. The molecular formula is C22H28N4O2. The van der Waals surface area contributed by atoms with E-state index in [0.29, 0.717) is 18.6 Å². The summed E-state index contributed by atoms with van der Waals surface area (Å²) in [5.41, 5.74) is 4.29. The molecule has 6 heteroatoms. The summed E-state index contributed by atoms with van der Waals surface area (Å²) in [5, 5.41) is 4.40. The number of aromatic nitrogens is 2. The van der Waals surface area contributed by atoms with E-state index in [1.807, 2.05) is 24.0 Å². The molecule has 0 N–H and O–H groups in total. The summed E-state index contributed by atoms with van der Waals surface area (Å²) < 4.78 is 7.64. The zero-order valence-corrected chi connectivity index (χ0v) is 17.1. The van der Waals surface area contributed by atoms with Gasteiger partial charge < -0.3 is 19.0 Å². The van der Waals surface area contributed by atoms with Crippen LogP contribution >= 0.6 is 0 Å². The van der Waals surface area contributed by atoms with Gasteiger partial charge in [0.05, 0.1) is 30.9 Å². The number of imidazole rings is 1. The van der Waals surface area contributed by atoms with Crippen molar-refractivity contribution in [2.75, 3.05) is 20.3 Å². The number of hydrogen-bond donors (Lipinski definition) is 0. The van der Waals surface area contributed by atoms with Gasteiger partial charge in [0.1, 0.15) is 12.4 Å². The number of fused-ring (bicyclic) bond motifs is 1. The number of methoxy groups -OCH3 is 1. The monoisotopic (exact) mass is 380 g/mol. The number of ether oxygens (including phenoxy) is 1. The quantitative estimate of drug-likeness (QED) is 0.803. The first-order valence-electron chi connectivity index (χ1n) is 9.93. The molecule has 2 aliphatic heterocycles. The molecule has 28 heavy (non-hydrogen) atoms. The average Bonchev–Trinajstić information content (AvgIpc) is 3.13. The van der Waals surface area contributed by atoms with Crippen LogP contribution in [0.2, 0.25) is 0 Å². The van der Waals surface area contributed by atoms with Gasteiger partial charge in [-0.25, -0.2) is 4.98 Å². The molecule has 4 rings (SSSR count). The maximum Gasteiger partial charge on any atom is 0.171 e. The third-order valence-electron chi connectivity index (χ3n) is 5.51. The van der Waals surface area contributed by atoms with Crippen molar-refractivity contribution in [3.05, 3.63) is 47.6 Å². The Bertz CT molecular complexity index is 913. The average molecular weight is 380 g/mol. The van der Waals surface area contributed by atoms with Crippen molar-refractivity contribution >= 4 is 11.9 Å². The Hall–Kier alpha value is -2.76. The highest BCUT2D eigenvalue weighted by molar-refractivity contribution is 6.02. The van der Waals surface area contributed by atoms with Crippen LogP contribution in [-0.4, -0.2) is 46.6 Å². The second-order valence-electron chi connectivity index (χ2n) is 7.84. The fraction of sp³-hybridized carbons (Fsp3) is 0.455. The summed E-state index contributed by atoms with van der Waals surface area (Å²) in [6.45, 7) is 8.19. The maximum atomic E-state index is 5.65. The molecule has 2 aliphatic rings. The lowest BCUT2D eigenvalue weighted by atomic mass is 9.95. The van der Waals surface area contributed by atoms with E-state index >= 15 is 0 Å². The molecule has 0 saturated carbocycles. The molecule has 1 fully saturated rings. The minimum atomic E-state index is 0.387. The molecule has 0 spiro atoms. The smallest absolute Gasteiger partial charge is 0.171 e. The van der Waals surface area contributed by atoms with Crippen molar-refractivity contribution in [2.45, 2.75) is 39.7 Å². The third kappa shape index (κ3) is 3.51. The summed E-state index contributed by atoms with van der Waals surface area (Å²) >= 11 is 0. The van der Waals surface area contributed by atoms with E-state index in [2.05, 4.69) is 53.2 Å². The van der Waals surface area contributed by atoms with Gasteiger partial charge in [-0.2, -0.15) is 0 Å². The SMILES string of the molecule is COc1cc(/C=C2\CCCN3C2=NOC[C@H]3C(C)C)ccc1-n1cnc(C)c1. The standard InChI is InChI=1S/C22H28N4O2/c1-15(2)20-13-28-24-22-18(6-5-9-26(20)22)10-17-7-8-19(21(11-17)27-4)25-12-16(3)23-14-25/h7-8,10-12,14-15,20H,5-6,9,13H2,1-4H3/b18-10+/t20-/m0/s1. The van der Waals surface area contributed by atoms with Crippen molar-refractivity contribution in [1.82, 2.24) is 14.5 Å². The minimum Gasteiger partial charge on any atom is -0.495 e. The second kappa shape index (κ2) is 7.70. The predicted molar refractivity (Wildman–Crippen MR) is 111 cm³/mol.